The summed E-state index contributed by atoms with van der Waals surface area (Å²) in [7, 11) is 1.44. The number of hydrogen-bond donors (Lipinski definition) is 1. The summed E-state index contributed by atoms with van der Waals surface area (Å²) in [5.74, 6) is -0.717. The van der Waals surface area contributed by atoms with E-state index in [0.717, 1.165) is 16.7 Å². The smallest absolute Gasteiger partial charge is 0.338 e. The van der Waals surface area contributed by atoms with Crippen molar-refractivity contribution in [2.75, 3.05) is 19.0 Å². The van der Waals surface area contributed by atoms with Crippen LogP contribution >= 0.6 is 0 Å². The zero-order valence-electron chi connectivity index (χ0n) is 18.1. The molecule has 6 nitrogen and oxygen atoms in total. The van der Waals surface area contributed by atoms with E-state index >= 15 is 0 Å². The maximum atomic E-state index is 13.0. The molecule has 0 spiro atoms. The number of amides is 1. The first kappa shape index (κ1) is 22.8. The Bertz CT molecular complexity index is 1110. The predicted molar refractivity (Wildman–Crippen MR) is 119 cm³/mol. The zero-order chi connectivity index (χ0) is 23.1. The molecule has 0 unspecified atom stereocenters. The van der Waals surface area contributed by atoms with E-state index in [2.05, 4.69) is 5.32 Å². The Morgan fingerprint density at radius 1 is 0.938 bits per heavy atom. The molecule has 1 amide bonds. The molecular weight excluding hydrogens is 413 g/mol. The minimum Gasteiger partial charge on any atom is -0.493 e. The predicted octanol–water partition coefficient (Wildman–Crippen LogP) is 4.83. The molecule has 1 N–H and O–H groups in total. The summed E-state index contributed by atoms with van der Waals surface area (Å²) in [5, 5.41) is 2.60. The SMILES string of the molecule is COc1cc(C(=O)OCc2cc(C)ccc2C)ccc1OCC(=O)Nc1ccc(F)cc1. The molecule has 0 aliphatic rings. The molecule has 0 radical (unpaired) electrons. The van der Waals surface area contributed by atoms with Crippen LogP contribution in [-0.4, -0.2) is 25.6 Å². The quantitative estimate of drug-likeness (QED) is 0.511. The number of ether oxygens (including phenoxy) is 3. The fraction of sp³-hybridized carbons (Fsp3) is 0.200. The zero-order valence-corrected chi connectivity index (χ0v) is 18.1. The number of benzene rings is 3. The summed E-state index contributed by atoms with van der Waals surface area (Å²) in [6.07, 6.45) is 0. The number of nitrogens with one attached hydrogen (secondary N) is 1. The first-order chi connectivity index (χ1) is 15.4. The number of halogens is 1. The van der Waals surface area contributed by atoms with Crippen molar-refractivity contribution in [3.8, 4) is 11.5 Å². The monoisotopic (exact) mass is 437 g/mol. The molecule has 166 valence electrons. The van der Waals surface area contributed by atoms with E-state index in [4.69, 9.17) is 14.2 Å². The Hall–Kier alpha value is -3.87. The molecule has 0 heterocycles. The summed E-state index contributed by atoms with van der Waals surface area (Å²) in [6, 6.07) is 16.0. The van der Waals surface area contributed by atoms with Gasteiger partial charge in [-0.1, -0.05) is 23.8 Å². The van der Waals surface area contributed by atoms with Gasteiger partial charge in [-0.25, -0.2) is 9.18 Å². The number of hydrogen-bond acceptors (Lipinski definition) is 5. The van der Waals surface area contributed by atoms with E-state index in [0.29, 0.717) is 22.7 Å². The van der Waals surface area contributed by atoms with Crippen molar-refractivity contribution in [2.45, 2.75) is 20.5 Å². The number of methoxy groups -OCH3 is 1. The molecular formula is C25H24FNO5. The molecule has 3 aromatic rings. The number of esters is 1. The van der Waals surface area contributed by atoms with Crippen LogP contribution in [0.2, 0.25) is 0 Å². The third-order valence-corrected chi connectivity index (χ3v) is 4.75. The van der Waals surface area contributed by atoms with E-state index in [-0.39, 0.29) is 13.2 Å². The average Bonchev–Trinajstić information content (AvgIpc) is 2.79. The van der Waals surface area contributed by atoms with E-state index in [1.807, 2.05) is 32.0 Å². The van der Waals surface area contributed by atoms with Gasteiger partial charge in [-0.2, -0.15) is 0 Å². The van der Waals surface area contributed by atoms with Gasteiger partial charge in [0, 0.05) is 5.69 Å². The van der Waals surface area contributed by atoms with Crippen molar-refractivity contribution in [2.24, 2.45) is 0 Å². The molecule has 0 fully saturated rings. The molecule has 0 atom stereocenters. The Labute approximate surface area is 185 Å². The Balaban J connectivity index is 1.59. The lowest BCUT2D eigenvalue weighted by Crippen LogP contribution is -2.20. The van der Waals surface area contributed by atoms with Crippen molar-refractivity contribution < 1.29 is 28.2 Å². The molecule has 32 heavy (non-hydrogen) atoms. The third kappa shape index (κ3) is 6.07. The largest absolute Gasteiger partial charge is 0.493 e. The Morgan fingerprint density at radius 3 is 2.41 bits per heavy atom. The summed E-state index contributed by atoms with van der Waals surface area (Å²) >= 11 is 0. The van der Waals surface area contributed by atoms with Crippen LogP contribution in [0.15, 0.2) is 60.7 Å². The van der Waals surface area contributed by atoms with Crippen molar-refractivity contribution in [3.63, 3.8) is 0 Å². The average molecular weight is 437 g/mol. The van der Waals surface area contributed by atoms with Gasteiger partial charge in [-0.15, -0.1) is 0 Å². The molecule has 3 rings (SSSR count). The van der Waals surface area contributed by atoms with Crippen LogP contribution in [0.25, 0.3) is 0 Å². The number of rotatable bonds is 8. The van der Waals surface area contributed by atoms with E-state index in [9.17, 15) is 14.0 Å². The topological polar surface area (TPSA) is 73.9 Å². The third-order valence-electron chi connectivity index (χ3n) is 4.75. The molecule has 3 aromatic carbocycles. The van der Waals surface area contributed by atoms with E-state index < -0.39 is 17.7 Å². The van der Waals surface area contributed by atoms with Gasteiger partial charge >= 0.3 is 5.97 Å². The number of carbonyl (C=O) groups is 2. The Kier molecular flexibility index (Phi) is 7.44. The lowest BCUT2D eigenvalue weighted by Gasteiger charge is -2.13. The molecule has 0 aliphatic heterocycles. The van der Waals surface area contributed by atoms with Crippen molar-refractivity contribution in [1.82, 2.24) is 0 Å². The second-order valence-electron chi connectivity index (χ2n) is 7.22. The van der Waals surface area contributed by atoms with Crippen molar-refractivity contribution in [3.05, 3.63) is 88.7 Å². The minimum atomic E-state index is -0.496. The highest BCUT2D eigenvalue weighted by atomic mass is 19.1. The van der Waals surface area contributed by atoms with Crippen LogP contribution in [0.3, 0.4) is 0 Å². The molecule has 7 heteroatoms. The maximum Gasteiger partial charge on any atom is 0.338 e. The fourth-order valence-corrected chi connectivity index (χ4v) is 2.97. The number of aryl methyl sites for hydroxylation is 2. The van der Waals surface area contributed by atoms with Gasteiger partial charge < -0.3 is 19.5 Å². The maximum absolute atomic E-state index is 13.0. The summed E-state index contributed by atoms with van der Waals surface area (Å²) in [4.78, 5) is 24.5. The lowest BCUT2D eigenvalue weighted by atomic mass is 10.1. The van der Waals surface area contributed by atoms with E-state index in [1.165, 1.54) is 37.4 Å². The standard InChI is InChI=1S/C25H24FNO5/c1-16-4-5-17(2)19(12-16)14-32-25(29)18-6-11-22(23(13-18)30-3)31-15-24(28)27-21-9-7-20(26)8-10-21/h4-13H,14-15H2,1-3H3,(H,27,28). The molecule has 0 aliphatic carbocycles. The second kappa shape index (κ2) is 10.4. The van der Waals surface area contributed by atoms with Gasteiger partial charge in [0.05, 0.1) is 12.7 Å². The molecule has 0 saturated carbocycles. The number of carbonyl (C=O) groups excluding carboxylic acids is 2. The molecule has 0 saturated heterocycles. The van der Waals surface area contributed by atoms with E-state index in [1.54, 1.807) is 12.1 Å². The van der Waals surface area contributed by atoms with Crippen molar-refractivity contribution in [1.29, 1.82) is 0 Å². The van der Waals surface area contributed by atoms with Crippen molar-refractivity contribution >= 4 is 17.6 Å². The highest BCUT2D eigenvalue weighted by molar-refractivity contribution is 5.92. The van der Waals surface area contributed by atoms with Gasteiger partial charge in [0.15, 0.2) is 18.1 Å². The van der Waals surface area contributed by atoms with Gasteiger partial charge in [-0.05, 0) is 67.4 Å². The highest BCUT2D eigenvalue weighted by Crippen LogP contribution is 2.28. The van der Waals surface area contributed by atoms with Crippen LogP contribution in [0.4, 0.5) is 10.1 Å². The van der Waals surface area contributed by atoms with Gasteiger partial charge in [0.25, 0.3) is 5.91 Å². The minimum absolute atomic E-state index is 0.163. The first-order valence-electron chi connectivity index (χ1n) is 9.95. The number of anilines is 1. The first-order valence-corrected chi connectivity index (χ1v) is 9.95. The van der Waals surface area contributed by atoms with Crippen LogP contribution in [-0.2, 0) is 16.1 Å². The van der Waals surface area contributed by atoms with Crippen LogP contribution in [0, 0.1) is 19.7 Å². The molecule has 0 bridgehead atoms. The van der Waals surface area contributed by atoms with Gasteiger partial charge in [0.2, 0.25) is 0 Å². The fourth-order valence-electron chi connectivity index (χ4n) is 2.97. The lowest BCUT2D eigenvalue weighted by molar-refractivity contribution is -0.118. The normalized spacial score (nSPS) is 10.4. The second-order valence-corrected chi connectivity index (χ2v) is 7.22. The van der Waals surface area contributed by atoms with Gasteiger partial charge in [0.1, 0.15) is 12.4 Å². The van der Waals surface area contributed by atoms with Crippen LogP contribution in [0.5, 0.6) is 11.5 Å². The summed E-state index contributed by atoms with van der Waals surface area (Å²) in [5.41, 5.74) is 3.83. The highest BCUT2D eigenvalue weighted by Gasteiger charge is 2.14. The summed E-state index contributed by atoms with van der Waals surface area (Å²) in [6.45, 7) is 3.82. The van der Waals surface area contributed by atoms with Gasteiger partial charge in [-0.3, -0.25) is 4.79 Å². The van der Waals surface area contributed by atoms with Crippen LogP contribution < -0.4 is 14.8 Å². The molecule has 0 aromatic heterocycles. The Morgan fingerprint density at radius 2 is 1.69 bits per heavy atom. The summed E-state index contributed by atoms with van der Waals surface area (Å²) < 4.78 is 29.2. The van der Waals surface area contributed by atoms with Crippen LogP contribution in [0.1, 0.15) is 27.0 Å².